The average molecular weight is 252 g/mol. The van der Waals surface area contributed by atoms with E-state index in [4.69, 9.17) is 0 Å². The Morgan fingerprint density at radius 2 is 1.83 bits per heavy atom. The summed E-state index contributed by atoms with van der Waals surface area (Å²) in [7, 11) is 0. The van der Waals surface area contributed by atoms with E-state index < -0.39 is 0 Å². The van der Waals surface area contributed by atoms with Gasteiger partial charge in [0.15, 0.2) is 0 Å². The van der Waals surface area contributed by atoms with E-state index in [0.717, 1.165) is 38.8 Å². The molecule has 1 N–H and O–H groups in total. The van der Waals surface area contributed by atoms with Gasteiger partial charge in [-0.2, -0.15) is 0 Å². The fourth-order valence-corrected chi connectivity index (χ4v) is 2.94. The first-order chi connectivity index (χ1) is 8.61. The van der Waals surface area contributed by atoms with Crippen molar-refractivity contribution < 1.29 is 4.79 Å². The van der Waals surface area contributed by atoms with Crippen LogP contribution in [0.3, 0.4) is 0 Å². The highest BCUT2D eigenvalue weighted by Gasteiger charge is 2.35. The molecule has 0 radical (unpaired) electrons. The van der Waals surface area contributed by atoms with Gasteiger partial charge in [-0.25, -0.2) is 0 Å². The Bertz CT molecular complexity index is 278. The van der Waals surface area contributed by atoms with Crippen LogP contribution in [-0.2, 0) is 4.79 Å². The van der Waals surface area contributed by atoms with Crippen LogP contribution in [0.4, 0.5) is 0 Å². The highest BCUT2D eigenvalue weighted by Crippen LogP contribution is 2.31. The van der Waals surface area contributed by atoms with Crippen LogP contribution in [0.25, 0.3) is 0 Å². The highest BCUT2D eigenvalue weighted by atomic mass is 16.2. The van der Waals surface area contributed by atoms with Crippen LogP contribution in [-0.4, -0.2) is 36.0 Å². The van der Waals surface area contributed by atoms with Crippen molar-refractivity contribution in [2.75, 3.05) is 13.1 Å². The number of nitrogens with one attached hydrogen (secondary N) is 1. The lowest BCUT2D eigenvalue weighted by Gasteiger charge is -2.35. The third-order valence-electron chi connectivity index (χ3n) is 4.43. The standard InChI is InChI=1S/C15H28N2O/c1-4-14(11(2)3)16-13-7-9-17(10-8-13)15(18)12-5-6-12/h11-14,16H,4-10H2,1-3H3. The van der Waals surface area contributed by atoms with Gasteiger partial charge >= 0.3 is 0 Å². The second kappa shape index (κ2) is 6.05. The van der Waals surface area contributed by atoms with Gasteiger partial charge in [0.1, 0.15) is 0 Å². The van der Waals surface area contributed by atoms with Gasteiger partial charge < -0.3 is 10.2 Å². The topological polar surface area (TPSA) is 32.3 Å². The Morgan fingerprint density at radius 1 is 1.22 bits per heavy atom. The molecule has 1 atom stereocenters. The zero-order valence-electron chi connectivity index (χ0n) is 12.1. The molecule has 0 aromatic heterocycles. The normalized spacial score (nSPS) is 23.4. The number of nitrogens with zero attached hydrogens (tertiary/aromatic N) is 1. The molecule has 18 heavy (non-hydrogen) atoms. The molecule has 1 unspecified atom stereocenters. The van der Waals surface area contributed by atoms with Crippen LogP contribution >= 0.6 is 0 Å². The molecule has 104 valence electrons. The minimum Gasteiger partial charge on any atom is -0.342 e. The summed E-state index contributed by atoms with van der Waals surface area (Å²) < 4.78 is 0. The van der Waals surface area contributed by atoms with Crippen molar-refractivity contribution >= 4 is 5.91 Å². The maximum atomic E-state index is 12.0. The molecule has 3 nitrogen and oxygen atoms in total. The van der Waals surface area contributed by atoms with E-state index in [0.29, 0.717) is 29.8 Å². The Labute approximate surface area is 111 Å². The molecule has 0 bridgehead atoms. The quantitative estimate of drug-likeness (QED) is 0.815. The van der Waals surface area contributed by atoms with Gasteiger partial charge in [0.25, 0.3) is 0 Å². The molecular weight excluding hydrogens is 224 g/mol. The fourth-order valence-electron chi connectivity index (χ4n) is 2.94. The molecule has 0 spiro atoms. The van der Waals surface area contributed by atoms with E-state index in [9.17, 15) is 4.79 Å². The Morgan fingerprint density at radius 3 is 2.28 bits per heavy atom. The van der Waals surface area contributed by atoms with Crippen molar-refractivity contribution in [2.45, 2.75) is 65.0 Å². The second-order valence-corrected chi connectivity index (χ2v) is 6.30. The van der Waals surface area contributed by atoms with Gasteiger partial charge in [-0.05, 0) is 38.0 Å². The summed E-state index contributed by atoms with van der Waals surface area (Å²) in [6.07, 6.45) is 5.70. The lowest BCUT2D eigenvalue weighted by molar-refractivity contribution is -0.133. The molecule has 0 aromatic carbocycles. The Hall–Kier alpha value is -0.570. The molecule has 0 aromatic rings. The van der Waals surface area contributed by atoms with Gasteiger partial charge in [0, 0.05) is 31.1 Å². The van der Waals surface area contributed by atoms with Crippen LogP contribution < -0.4 is 5.32 Å². The highest BCUT2D eigenvalue weighted by molar-refractivity contribution is 5.81. The van der Waals surface area contributed by atoms with Crippen molar-refractivity contribution in [3.63, 3.8) is 0 Å². The first-order valence-electron chi connectivity index (χ1n) is 7.66. The average Bonchev–Trinajstić information content (AvgIpc) is 3.19. The molecule has 1 aliphatic heterocycles. The maximum absolute atomic E-state index is 12.0. The van der Waals surface area contributed by atoms with Crippen molar-refractivity contribution in [1.82, 2.24) is 10.2 Å². The molecule has 2 rings (SSSR count). The van der Waals surface area contributed by atoms with E-state index in [2.05, 4.69) is 31.0 Å². The van der Waals surface area contributed by atoms with Gasteiger partial charge in [-0.1, -0.05) is 20.8 Å². The third kappa shape index (κ3) is 3.47. The maximum Gasteiger partial charge on any atom is 0.225 e. The zero-order chi connectivity index (χ0) is 13.1. The van der Waals surface area contributed by atoms with E-state index in [1.165, 1.54) is 6.42 Å². The van der Waals surface area contributed by atoms with Crippen molar-refractivity contribution in [3.8, 4) is 0 Å². The molecule has 1 saturated carbocycles. The van der Waals surface area contributed by atoms with Gasteiger partial charge in [0.05, 0.1) is 0 Å². The number of hydrogen-bond donors (Lipinski definition) is 1. The lowest BCUT2D eigenvalue weighted by Crippen LogP contribution is -2.49. The van der Waals surface area contributed by atoms with Crippen molar-refractivity contribution in [1.29, 1.82) is 0 Å². The monoisotopic (exact) mass is 252 g/mol. The van der Waals surface area contributed by atoms with Crippen molar-refractivity contribution in [3.05, 3.63) is 0 Å². The summed E-state index contributed by atoms with van der Waals surface area (Å²) in [5, 5.41) is 3.77. The molecule has 2 aliphatic rings. The predicted octanol–water partition coefficient (Wildman–Crippen LogP) is 2.41. The summed E-state index contributed by atoms with van der Waals surface area (Å²) in [5.41, 5.74) is 0. The number of piperidine rings is 1. The predicted molar refractivity (Wildman–Crippen MR) is 74.4 cm³/mol. The van der Waals surface area contributed by atoms with Crippen LogP contribution in [0.2, 0.25) is 0 Å². The van der Waals surface area contributed by atoms with Crippen LogP contribution in [0.1, 0.15) is 52.9 Å². The Kier molecular flexibility index (Phi) is 4.66. The van der Waals surface area contributed by atoms with Crippen LogP contribution in [0.5, 0.6) is 0 Å². The minimum atomic E-state index is 0.383. The molecule has 3 heteroatoms. The fraction of sp³-hybridized carbons (Fsp3) is 0.933. The molecule has 2 fully saturated rings. The van der Waals surface area contributed by atoms with E-state index in [-0.39, 0.29) is 0 Å². The van der Waals surface area contributed by atoms with Crippen molar-refractivity contribution in [2.24, 2.45) is 11.8 Å². The lowest BCUT2D eigenvalue weighted by atomic mass is 9.97. The largest absolute Gasteiger partial charge is 0.342 e. The number of hydrogen-bond acceptors (Lipinski definition) is 2. The number of rotatable bonds is 5. The number of amides is 1. The van der Waals surface area contributed by atoms with Crippen LogP contribution in [0.15, 0.2) is 0 Å². The number of carbonyl (C=O) groups is 1. The van der Waals surface area contributed by atoms with Gasteiger partial charge in [-0.3, -0.25) is 4.79 Å². The summed E-state index contributed by atoms with van der Waals surface area (Å²) in [6, 6.07) is 1.24. The number of likely N-dealkylation sites (tertiary alicyclic amines) is 1. The molecule has 1 amide bonds. The molecule has 1 saturated heterocycles. The summed E-state index contributed by atoms with van der Waals surface area (Å²) in [5.74, 6) is 1.50. The minimum absolute atomic E-state index is 0.383. The number of carbonyl (C=O) groups excluding carboxylic acids is 1. The zero-order valence-corrected chi connectivity index (χ0v) is 12.1. The van der Waals surface area contributed by atoms with E-state index >= 15 is 0 Å². The van der Waals surface area contributed by atoms with E-state index in [1.807, 2.05) is 0 Å². The first kappa shape index (κ1) is 13.9. The summed E-state index contributed by atoms with van der Waals surface area (Å²) in [6.45, 7) is 8.74. The molecule has 1 aliphatic carbocycles. The SMILES string of the molecule is CCC(NC1CCN(C(=O)C2CC2)CC1)C(C)C. The molecular formula is C15H28N2O. The van der Waals surface area contributed by atoms with Gasteiger partial charge in [-0.15, -0.1) is 0 Å². The summed E-state index contributed by atoms with van der Waals surface area (Å²) >= 11 is 0. The van der Waals surface area contributed by atoms with E-state index in [1.54, 1.807) is 0 Å². The molecule has 1 heterocycles. The second-order valence-electron chi connectivity index (χ2n) is 6.30. The third-order valence-corrected chi connectivity index (χ3v) is 4.43. The first-order valence-corrected chi connectivity index (χ1v) is 7.66. The van der Waals surface area contributed by atoms with Crippen LogP contribution in [0, 0.1) is 11.8 Å². The summed E-state index contributed by atoms with van der Waals surface area (Å²) in [4.78, 5) is 14.0. The Balaban J connectivity index is 1.74. The smallest absolute Gasteiger partial charge is 0.225 e. The van der Waals surface area contributed by atoms with Gasteiger partial charge in [0.2, 0.25) is 5.91 Å².